The van der Waals surface area contributed by atoms with Crippen molar-refractivity contribution in [2.24, 2.45) is 0 Å². The minimum absolute atomic E-state index is 0.277. The van der Waals surface area contributed by atoms with Crippen molar-refractivity contribution in [2.45, 2.75) is 25.6 Å². The van der Waals surface area contributed by atoms with Gasteiger partial charge < -0.3 is 10.2 Å². The summed E-state index contributed by atoms with van der Waals surface area (Å²) in [6, 6.07) is 6.62. The van der Waals surface area contributed by atoms with Gasteiger partial charge in [-0.05, 0) is 18.6 Å². The third kappa shape index (κ3) is 3.23. The highest BCUT2D eigenvalue weighted by molar-refractivity contribution is 5.64. The molecule has 0 radical (unpaired) electrons. The van der Waals surface area contributed by atoms with Gasteiger partial charge in [0.15, 0.2) is 0 Å². The summed E-state index contributed by atoms with van der Waals surface area (Å²) in [6.07, 6.45) is -5.09. The second-order valence-electron chi connectivity index (χ2n) is 4.95. The average Bonchev–Trinajstić information content (AvgIpc) is 2.37. The smallest absolute Gasteiger partial charge is 0.364 e. The summed E-state index contributed by atoms with van der Waals surface area (Å²) in [7, 11) is 0. The molecule has 1 N–H and O–H groups in total. The van der Waals surface area contributed by atoms with Crippen molar-refractivity contribution in [3.8, 4) is 6.07 Å². The first kappa shape index (κ1) is 14.7. The maximum absolute atomic E-state index is 12.7. The molecule has 1 aliphatic heterocycles. The predicted molar refractivity (Wildman–Crippen MR) is 70.6 cm³/mol. The molecule has 1 aromatic carbocycles. The van der Waals surface area contributed by atoms with Crippen LogP contribution >= 0.6 is 0 Å². The van der Waals surface area contributed by atoms with E-state index in [0.29, 0.717) is 24.3 Å². The van der Waals surface area contributed by atoms with E-state index in [1.807, 2.05) is 13.0 Å². The fraction of sp³-hybridized carbons (Fsp3) is 0.500. The van der Waals surface area contributed by atoms with E-state index in [9.17, 15) is 18.4 Å². The highest BCUT2D eigenvalue weighted by atomic mass is 19.4. The first-order valence-electron chi connectivity index (χ1n) is 6.46. The van der Waals surface area contributed by atoms with Gasteiger partial charge in [-0.25, -0.2) is 0 Å². The lowest BCUT2D eigenvalue weighted by Gasteiger charge is -2.39. The number of benzene rings is 1. The predicted octanol–water partition coefficient (Wildman–Crippen LogP) is 2.60. The van der Waals surface area contributed by atoms with Gasteiger partial charge in [0.25, 0.3) is 0 Å². The molecular formula is C14H16F3N3. The lowest BCUT2D eigenvalue weighted by atomic mass is 10.0. The van der Waals surface area contributed by atoms with Gasteiger partial charge in [-0.2, -0.15) is 18.4 Å². The zero-order valence-corrected chi connectivity index (χ0v) is 11.2. The maximum atomic E-state index is 12.7. The average molecular weight is 283 g/mol. The summed E-state index contributed by atoms with van der Waals surface area (Å²) < 4.78 is 38.1. The number of alkyl halides is 3. The number of anilines is 1. The standard InChI is InChI=1S/C14H16F3N3/c1-10-3-2-4-11(8-18)13(10)20-6-5-19-9-12(20)7-14(15,16)17/h2-4,12,19H,5-7,9H2,1H3. The van der Waals surface area contributed by atoms with Crippen LogP contribution in [0.25, 0.3) is 0 Å². The van der Waals surface area contributed by atoms with E-state index in [0.717, 1.165) is 5.56 Å². The molecule has 0 aliphatic carbocycles. The summed E-state index contributed by atoms with van der Waals surface area (Å²) >= 11 is 0. The van der Waals surface area contributed by atoms with Crippen LogP contribution in [0.5, 0.6) is 0 Å². The largest absolute Gasteiger partial charge is 0.391 e. The molecule has 1 aromatic rings. The van der Waals surface area contributed by atoms with Crippen LogP contribution in [0.2, 0.25) is 0 Å². The molecule has 1 aliphatic rings. The number of para-hydroxylation sites is 1. The Morgan fingerprint density at radius 2 is 2.20 bits per heavy atom. The third-order valence-corrected chi connectivity index (χ3v) is 3.46. The molecule has 2 rings (SSSR count). The Morgan fingerprint density at radius 3 is 2.85 bits per heavy atom. The number of halogens is 3. The molecule has 1 fully saturated rings. The first-order chi connectivity index (χ1) is 9.42. The van der Waals surface area contributed by atoms with Crippen molar-refractivity contribution >= 4 is 5.69 Å². The van der Waals surface area contributed by atoms with Crippen LogP contribution in [0.3, 0.4) is 0 Å². The van der Waals surface area contributed by atoms with Gasteiger partial charge in [-0.15, -0.1) is 0 Å². The Hall–Kier alpha value is -1.74. The maximum Gasteiger partial charge on any atom is 0.391 e. The summed E-state index contributed by atoms with van der Waals surface area (Å²) in [5.41, 5.74) is 1.89. The second-order valence-corrected chi connectivity index (χ2v) is 4.95. The zero-order valence-electron chi connectivity index (χ0n) is 11.2. The number of piperazine rings is 1. The molecule has 1 heterocycles. The van der Waals surface area contributed by atoms with Crippen molar-refractivity contribution in [1.82, 2.24) is 5.32 Å². The molecule has 108 valence electrons. The topological polar surface area (TPSA) is 39.1 Å². The van der Waals surface area contributed by atoms with Gasteiger partial charge >= 0.3 is 6.18 Å². The lowest BCUT2D eigenvalue weighted by molar-refractivity contribution is -0.138. The second kappa shape index (κ2) is 5.71. The summed E-state index contributed by atoms with van der Waals surface area (Å²) in [6.45, 7) is 3.19. The number of aryl methyl sites for hydroxylation is 1. The molecule has 3 nitrogen and oxygen atoms in total. The molecule has 0 spiro atoms. The normalized spacial score (nSPS) is 19.8. The van der Waals surface area contributed by atoms with E-state index in [1.165, 1.54) is 0 Å². The van der Waals surface area contributed by atoms with Gasteiger partial charge in [-0.1, -0.05) is 12.1 Å². The van der Waals surface area contributed by atoms with Crippen LogP contribution in [0.15, 0.2) is 18.2 Å². The van der Waals surface area contributed by atoms with Gasteiger partial charge in [0, 0.05) is 19.6 Å². The van der Waals surface area contributed by atoms with E-state index < -0.39 is 18.6 Å². The van der Waals surface area contributed by atoms with Crippen molar-refractivity contribution < 1.29 is 13.2 Å². The highest BCUT2D eigenvalue weighted by Gasteiger charge is 2.36. The van der Waals surface area contributed by atoms with Gasteiger partial charge in [0.05, 0.1) is 23.7 Å². The van der Waals surface area contributed by atoms with Gasteiger partial charge in [-0.3, -0.25) is 0 Å². The van der Waals surface area contributed by atoms with E-state index in [2.05, 4.69) is 11.4 Å². The minimum atomic E-state index is -4.21. The van der Waals surface area contributed by atoms with Crippen molar-refractivity contribution in [3.05, 3.63) is 29.3 Å². The Balaban J connectivity index is 2.36. The van der Waals surface area contributed by atoms with E-state index in [1.54, 1.807) is 17.0 Å². The van der Waals surface area contributed by atoms with E-state index in [4.69, 9.17) is 0 Å². The highest BCUT2D eigenvalue weighted by Crippen LogP contribution is 2.31. The quantitative estimate of drug-likeness (QED) is 0.906. The number of rotatable bonds is 2. The molecule has 0 bridgehead atoms. The zero-order chi connectivity index (χ0) is 14.8. The van der Waals surface area contributed by atoms with Crippen molar-refractivity contribution in [3.63, 3.8) is 0 Å². The number of nitriles is 1. The van der Waals surface area contributed by atoms with Crippen LogP contribution in [-0.2, 0) is 0 Å². The number of nitrogens with zero attached hydrogens (tertiary/aromatic N) is 2. The van der Waals surface area contributed by atoms with E-state index in [-0.39, 0.29) is 6.54 Å². The Labute approximate surface area is 116 Å². The molecule has 1 unspecified atom stereocenters. The monoisotopic (exact) mass is 283 g/mol. The van der Waals surface area contributed by atoms with Crippen LogP contribution in [-0.4, -0.2) is 31.9 Å². The third-order valence-electron chi connectivity index (χ3n) is 3.46. The molecule has 1 atom stereocenters. The summed E-state index contributed by atoms with van der Waals surface area (Å²) in [4.78, 5) is 1.72. The van der Waals surface area contributed by atoms with E-state index >= 15 is 0 Å². The van der Waals surface area contributed by atoms with Crippen molar-refractivity contribution in [1.29, 1.82) is 5.26 Å². The molecule has 20 heavy (non-hydrogen) atoms. The first-order valence-corrected chi connectivity index (χ1v) is 6.46. The molecule has 0 aromatic heterocycles. The molecule has 0 saturated carbocycles. The molecule has 0 amide bonds. The molecule has 6 heteroatoms. The number of hydrogen-bond acceptors (Lipinski definition) is 3. The number of nitrogens with one attached hydrogen (secondary N) is 1. The number of hydrogen-bond donors (Lipinski definition) is 1. The van der Waals surface area contributed by atoms with Crippen LogP contribution in [0, 0.1) is 18.3 Å². The molecular weight excluding hydrogens is 267 g/mol. The van der Waals surface area contributed by atoms with Crippen LogP contribution in [0.1, 0.15) is 17.5 Å². The van der Waals surface area contributed by atoms with Gasteiger partial charge in [0.2, 0.25) is 0 Å². The van der Waals surface area contributed by atoms with Gasteiger partial charge in [0.1, 0.15) is 6.07 Å². The fourth-order valence-electron chi connectivity index (χ4n) is 2.64. The summed E-state index contributed by atoms with van der Waals surface area (Å²) in [5, 5.41) is 12.2. The Bertz CT molecular complexity index is 519. The van der Waals surface area contributed by atoms with Crippen LogP contribution < -0.4 is 10.2 Å². The lowest BCUT2D eigenvalue weighted by Crippen LogP contribution is -2.53. The Kier molecular flexibility index (Phi) is 4.19. The van der Waals surface area contributed by atoms with Crippen molar-refractivity contribution in [2.75, 3.05) is 24.5 Å². The SMILES string of the molecule is Cc1cccc(C#N)c1N1CCNCC1CC(F)(F)F. The van der Waals surface area contributed by atoms with Crippen LogP contribution in [0.4, 0.5) is 18.9 Å². The Morgan fingerprint density at radius 1 is 1.45 bits per heavy atom. The summed E-state index contributed by atoms with van der Waals surface area (Å²) in [5.74, 6) is 0. The molecule has 1 saturated heterocycles. The fourth-order valence-corrected chi connectivity index (χ4v) is 2.64. The minimum Gasteiger partial charge on any atom is -0.364 e.